The SMILES string of the molecule is COc1ccc2cc(C(C)=NNc3ccc(Cl)c(Cl)c3)ccc2c1. The van der Waals surface area contributed by atoms with Gasteiger partial charge in [0.2, 0.25) is 0 Å². The van der Waals surface area contributed by atoms with Crippen LogP contribution in [0.5, 0.6) is 5.75 Å². The molecular formula is C19H16Cl2N2O. The van der Waals surface area contributed by atoms with Crippen LogP contribution in [-0.2, 0) is 0 Å². The van der Waals surface area contributed by atoms with E-state index in [1.165, 1.54) is 0 Å². The standard InChI is InChI=1S/C19H16Cl2N2O/c1-12(22-23-16-6-8-18(20)19(21)11-16)13-3-4-15-10-17(24-2)7-5-14(15)9-13/h3-11,23H,1-2H3. The van der Waals surface area contributed by atoms with Crippen molar-refractivity contribution in [2.45, 2.75) is 6.92 Å². The number of benzene rings is 3. The maximum atomic E-state index is 6.01. The lowest BCUT2D eigenvalue weighted by atomic mass is 10.0. The molecule has 0 atom stereocenters. The number of rotatable bonds is 4. The molecule has 0 spiro atoms. The van der Waals surface area contributed by atoms with Gasteiger partial charge < -0.3 is 4.74 Å². The maximum Gasteiger partial charge on any atom is 0.119 e. The van der Waals surface area contributed by atoms with E-state index in [9.17, 15) is 0 Å². The van der Waals surface area contributed by atoms with Gasteiger partial charge in [-0.2, -0.15) is 5.10 Å². The Hall–Kier alpha value is -2.23. The number of nitrogens with one attached hydrogen (secondary N) is 1. The van der Waals surface area contributed by atoms with Gasteiger partial charge in [-0.15, -0.1) is 0 Å². The van der Waals surface area contributed by atoms with Gasteiger partial charge in [-0.1, -0.05) is 41.4 Å². The van der Waals surface area contributed by atoms with Crippen LogP contribution in [0.4, 0.5) is 5.69 Å². The van der Waals surface area contributed by atoms with Gasteiger partial charge in [0.25, 0.3) is 0 Å². The summed E-state index contributed by atoms with van der Waals surface area (Å²) in [6, 6.07) is 17.5. The topological polar surface area (TPSA) is 33.6 Å². The van der Waals surface area contributed by atoms with Gasteiger partial charge in [0.15, 0.2) is 0 Å². The van der Waals surface area contributed by atoms with E-state index in [1.807, 2.05) is 37.3 Å². The summed E-state index contributed by atoms with van der Waals surface area (Å²) in [7, 11) is 1.67. The number of nitrogens with zero attached hydrogens (tertiary/aromatic N) is 1. The fourth-order valence-corrected chi connectivity index (χ4v) is 2.65. The molecule has 0 aliphatic rings. The van der Waals surface area contributed by atoms with Crippen molar-refractivity contribution >= 4 is 45.4 Å². The van der Waals surface area contributed by atoms with Crippen molar-refractivity contribution in [2.75, 3.05) is 12.5 Å². The predicted molar refractivity (Wildman–Crippen MR) is 103 cm³/mol. The molecule has 0 unspecified atom stereocenters. The van der Waals surface area contributed by atoms with Gasteiger partial charge in [-0.05, 0) is 59.7 Å². The second kappa shape index (κ2) is 7.12. The number of anilines is 1. The van der Waals surface area contributed by atoms with Crippen molar-refractivity contribution < 1.29 is 4.74 Å². The van der Waals surface area contributed by atoms with Gasteiger partial charge in [0.1, 0.15) is 5.75 Å². The number of halogens is 2. The third-order valence-corrected chi connectivity index (χ3v) is 4.48. The first kappa shape index (κ1) is 16.6. The molecule has 24 heavy (non-hydrogen) atoms. The molecule has 0 amide bonds. The monoisotopic (exact) mass is 358 g/mol. The summed E-state index contributed by atoms with van der Waals surface area (Å²) in [5.74, 6) is 0.849. The second-order valence-corrected chi connectivity index (χ2v) is 6.18. The number of fused-ring (bicyclic) bond motifs is 1. The normalized spacial score (nSPS) is 11.6. The quantitative estimate of drug-likeness (QED) is 0.458. The molecule has 0 heterocycles. The summed E-state index contributed by atoms with van der Waals surface area (Å²) in [6.07, 6.45) is 0. The highest BCUT2D eigenvalue weighted by molar-refractivity contribution is 6.42. The molecule has 0 aliphatic heterocycles. The maximum absolute atomic E-state index is 6.01. The number of hydrogen-bond acceptors (Lipinski definition) is 3. The molecule has 3 nitrogen and oxygen atoms in total. The Morgan fingerprint density at radius 1 is 0.917 bits per heavy atom. The van der Waals surface area contributed by atoms with Crippen molar-refractivity contribution in [3.05, 3.63) is 70.2 Å². The highest BCUT2D eigenvalue weighted by atomic mass is 35.5. The molecule has 3 rings (SSSR count). The molecule has 5 heteroatoms. The average Bonchev–Trinajstić information content (AvgIpc) is 2.61. The number of hydrazone groups is 1. The highest BCUT2D eigenvalue weighted by Crippen LogP contribution is 2.25. The molecule has 0 aliphatic carbocycles. The molecule has 0 radical (unpaired) electrons. The van der Waals surface area contributed by atoms with Crippen molar-refractivity contribution in [3.63, 3.8) is 0 Å². The lowest BCUT2D eigenvalue weighted by Gasteiger charge is -2.07. The summed E-state index contributed by atoms with van der Waals surface area (Å²) >= 11 is 11.9. The average molecular weight is 359 g/mol. The minimum Gasteiger partial charge on any atom is -0.497 e. The molecule has 3 aromatic rings. The Kier molecular flexibility index (Phi) is 4.93. The van der Waals surface area contributed by atoms with Crippen molar-refractivity contribution in [3.8, 4) is 5.75 Å². The number of methoxy groups -OCH3 is 1. The first-order valence-corrected chi connectivity index (χ1v) is 8.16. The zero-order chi connectivity index (χ0) is 17.1. The summed E-state index contributed by atoms with van der Waals surface area (Å²) in [4.78, 5) is 0. The highest BCUT2D eigenvalue weighted by Gasteiger charge is 2.03. The second-order valence-electron chi connectivity index (χ2n) is 5.37. The lowest BCUT2D eigenvalue weighted by Crippen LogP contribution is -1.99. The smallest absolute Gasteiger partial charge is 0.119 e. The van der Waals surface area contributed by atoms with Crippen LogP contribution in [0, 0.1) is 0 Å². The van der Waals surface area contributed by atoms with E-state index in [4.69, 9.17) is 27.9 Å². The molecule has 122 valence electrons. The largest absolute Gasteiger partial charge is 0.497 e. The van der Waals surface area contributed by atoms with Gasteiger partial charge in [-0.3, -0.25) is 5.43 Å². The third kappa shape index (κ3) is 3.64. The van der Waals surface area contributed by atoms with Crippen LogP contribution in [0.3, 0.4) is 0 Å². The van der Waals surface area contributed by atoms with Crippen LogP contribution in [-0.4, -0.2) is 12.8 Å². The number of ether oxygens (including phenoxy) is 1. The summed E-state index contributed by atoms with van der Waals surface area (Å²) in [5, 5.41) is 7.70. The molecule has 0 saturated heterocycles. The Bertz CT molecular complexity index is 922. The van der Waals surface area contributed by atoms with E-state index in [2.05, 4.69) is 22.7 Å². The number of hydrogen-bond donors (Lipinski definition) is 1. The zero-order valence-corrected chi connectivity index (χ0v) is 14.8. The molecular weight excluding hydrogens is 343 g/mol. The minimum absolute atomic E-state index is 0.495. The van der Waals surface area contributed by atoms with Crippen LogP contribution in [0.15, 0.2) is 59.7 Å². The Morgan fingerprint density at radius 3 is 2.42 bits per heavy atom. The van der Waals surface area contributed by atoms with E-state index in [1.54, 1.807) is 19.2 Å². The van der Waals surface area contributed by atoms with Crippen LogP contribution in [0.25, 0.3) is 10.8 Å². The van der Waals surface area contributed by atoms with Crippen molar-refractivity contribution in [1.82, 2.24) is 0 Å². The van der Waals surface area contributed by atoms with E-state index < -0.39 is 0 Å². The fourth-order valence-electron chi connectivity index (χ4n) is 2.35. The van der Waals surface area contributed by atoms with Gasteiger partial charge in [0.05, 0.1) is 28.6 Å². The van der Waals surface area contributed by atoms with Crippen LogP contribution < -0.4 is 10.2 Å². The van der Waals surface area contributed by atoms with E-state index >= 15 is 0 Å². The van der Waals surface area contributed by atoms with Crippen LogP contribution in [0.1, 0.15) is 12.5 Å². The van der Waals surface area contributed by atoms with Crippen LogP contribution >= 0.6 is 23.2 Å². The summed E-state index contributed by atoms with van der Waals surface area (Å²) in [5.41, 5.74) is 5.70. The zero-order valence-electron chi connectivity index (χ0n) is 13.3. The molecule has 0 saturated carbocycles. The van der Waals surface area contributed by atoms with E-state index in [0.717, 1.165) is 33.5 Å². The first-order valence-electron chi connectivity index (χ1n) is 7.40. The fraction of sp³-hybridized carbons (Fsp3) is 0.105. The molecule has 3 aromatic carbocycles. The van der Waals surface area contributed by atoms with Gasteiger partial charge in [0, 0.05) is 0 Å². The third-order valence-electron chi connectivity index (χ3n) is 3.74. The van der Waals surface area contributed by atoms with E-state index in [0.29, 0.717) is 10.0 Å². The molecule has 0 aromatic heterocycles. The predicted octanol–water partition coefficient (Wildman–Crippen LogP) is 5.99. The van der Waals surface area contributed by atoms with Gasteiger partial charge in [-0.25, -0.2) is 0 Å². The summed E-state index contributed by atoms with van der Waals surface area (Å²) < 4.78 is 5.25. The summed E-state index contributed by atoms with van der Waals surface area (Å²) in [6.45, 7) is 1.95. The first-order chi connectivity index (χ1) is 11.6. The minimum atomic E-state index is 0.495. The lowest BCUT2D eigenvalue weighted by molar-refractivity contribution is 0.415. The molecule has 0 bridgehead atoms. The Labute approximate surface area is 150 Å². The van der Waals surface area contributed by atoms with Crippen molar-refractivity contribution in [1.29, 1.82) is 0 Å². The van der Waals surface area contributed by atoms with Crippen molar-refractivity contribution in [2.24, 2.45) is 5.10 Å². The molecule has 1 N–H and O–H groups in total. The Morgan fingerprint density at radius 2 is 1.67 bits per heavy atom. The Balaban J connectivity index is 1.84. The van der Waals surface area contributed by atoms with Crippen LogP contribution in [0.2, 0.25) is 10.0 Å². The molecule has 0 fully saturated rings. The van der Waals surface area contributed by atoms with Gasteiger partial charge >= 0.3 is 0 Å². The van der Waals surface area contributed by atoms with E-state index in [-0.39, 0.29) is 0 Å².